The van der Waals surface area contributed by atoms with Crippen LogP contribution < -0.4 is 5.32 Å². The smallest absolute Gasteiger partial charge is 0.407 e. The lowest BCUT2D eigenvalue weighted by molar-refractivity contribution is -0.168. The zero-order chi connectivity index (χ0) is 15.4. The molecule has 1 rings (SSSR count). The van der Waals surface area contributed by atoms with Crippen molar-refractivity contribution in [2.45, 2.75) is 70.6 Å². The van der Waals surface area contributed by atoms with E-state index in [1.54, 1.807) is 27.7 Å². The lowest BCUT2D eigenvalue weighted by atomic mass is 9.82. The Hall–Kier alpha value is -1.30. The molecule has 0 aromatic carbocycles. The molecular formula is C14H25NO5. The fourth-order valence-electron chi connectivity index (χ4n) is 2.18. The molecule has 0 heterocycles. The molecule has 0 radical (unpaired) electrons. The molecule has 1 fully saturated rings. The predicted octanol–water partition coefficient (Wildman–Crippen LogP) is 1.75. The average molecular weight is 287 g/mol. The summed E-state index contributed by atoms with van der Waals surface area (Å²) in [5.41, 5.74) is -1.95. The molecule has 1 aliphatic rings. The minimum Gasteiger partial charge on any atom is -0.464 e. The number of amides is 1. The van der Waals surface area contributed by atoms with E-state index in [1.165, 1.54) is 0 Å². The summed E-state index contributed by atoms with van der Waals surface area (Å²) in [4.78, 5) is 23.3. The number of carbonyl (C=O) groups is 2. The van der Waals surface area contributed by atoms with Crippen LogP contribution in [0.15, 0.2) is 0 Å². The van der Waals surface area contributed by atoms with E-state index < -0.39 is 23.3 Å². The third-order valence-electron chi connectivity index (χ3n) is 3.19. The number of nitrogens with one attached hydrogen (secondary N) is 1. The molecule has 0 atom stereocenters. The summed E-state index contributed by atoms with van der Waals surface area (Å²) in [7, 11) is 0. The van der Waals surface area contributed by atoms with Gasteiger partial charge in [-0.25, -0.2) is 9.59 Å². The summed E-state index contributed by atoms with van der Waals surface area (Å²) in [6.45, 7) is 7.35. The van der Waals surface area contributed by atoms with Crippen molar-refractivity contribution in [3.8, 4) is 0 Å². The number of rotatable bonds is 3. The van der Waals surface area contributed by atoms with Crippen LogP contribution in [0.2, 0.25) is 0 Å². The zero-order valence-corrected chi connectivity index (χ0v) is 12.7. The first-order valence-corrected chi connectivity index (χ1v) is 7.05. The second-order valence-electron chi connectivity index (χ2n) is 6.17. The monoisotopic (exact) mass is 287 g/mol. The van der Waals surface area contributed by atoms with E-state index in [-0.39, 0.29) is 25.5 Å². The number of aliphatic hydroxyl groups is 1. The standard InChI is InChI=1S/C14H25NO5/c1-5-19-11(16)14(18)8-6-10(7-9-14)15-12(17)20-13(2,3)4/h10,18H,5-9H2,1-4H3,(H,15,17). The van der Waals surface area contributed by atoms with Gasteiger partial charge >= 0.3 is 12.1 Å². The maximum Gasteiger partial charge on any atom is 0.407 e. The van der Waals surface area contributed by atoms with Crippen LogP contribution in [0, 0.1) is 0 Å². The van der Waals surface area contributed by atoms with Crippen molar-refractivity contribution < 1.29 is 24.2 Å². The van der Waals surface area contributed by atoms with Crippen LogP contribution in [0.4, 0.5) is 4.79 Å². The Labute approximate surface area is 119 Å². The van der Waals surface area contributed by atoms with Gasteiger partial charge in [-0.2, -0.15) is 0 Å². The van der Waals surface area contributed by atoms with Gasteiger partial charge in [0.25, 0.3) is 0 Å². The Balaban J connectivity index is 2.42. The fraction of sp³-hybridized carbons (Fsp3) is 0.857. The van der Waals surface area contributed by atoms with Crippen molar-refractivity contribution in [1.82, 2.24) is 5.32 Å². The summed E-state index contributed by atoms with van der Waals surface area (Å²) >= 11 is 0. The molecule has 6 heteroatoms. The van der Waals surface area contributed by atoms with Crippen molar-refractivity contribution in [3.05, 3.63) is 0 Å². The first-order valence-electron chi connectivity index (χ1n) is 7.05. The van der Waals surface area contributed by atoms with Gasteiger partial charge < -0.3 is 19.9 Å². The molecule has 1 amide bonds. The van der Waals surface area contributed by atoms with Gasteiger partial charge in [0.15, 0.2) is 5.60 Å². The van der Waals surface area contributed by atoms with Crippen LogP contribution in [0.1, 0.15) is 53.4 Å². The summed E-state index contributed by atoms with van der Waals surface area (Å²) in [5, 5.41) is 13.0. The SMILES string of the molecule is CCOC(=O)C1(O)CCC(NC(=O)OC(C)(C)C)CC1. The van der Waals surface area contributed by atoms with E-state index in [1.807, 2.05) is 0 Å². The maximum absolute atomic E-state index is 11.7. The number of carbonyl (C=O) groups excluding carboxylic acids is 2. The van der Waals surface area contributed by atoms with Crippen LogP contribution >= 0.6 is 0 Å². The van der Waals surface area contributed by atoms with Crippen molar-refractivity contribution in [3.63, 3.8) is 0 Å². The van der Waals surface area contributed by atoms with Crippen molar-refractivity contribution in [2.75, 3.05) is 6.61 Å². The number of esters is 1. The van der Waals surface area contributed by atoms with E-state index in [4.69, 9.17) is 9.47 Å². The van der Waals surface area contributed by atoms with Crippen LogP contribution in [0.3, 0.4) is 0 Å². The van der Waals surface area contributed by atoms with Crippen LogP contribution in [-0.4, -0.2) is 41.0 Å². The molecule has 0 spiro atoms. The molecule has 0 unspecified atom stereocenters. The second kappa shape index (κ2) is 6.43. The van der Waals surface area contributed by atoms with E-state index in [0.29, 0.717) is 12.8 Å². The van der Waals surface area contributed by atoms with Gasteiger partial charge in [0, 0.05) is 6.04 Å². The van der Waals surface area contributed by atoms with E-state index >= 15 is 0 Å². The Morgan fingerprint density at radius 1 is 1.30 bits per heavy atom. The topological polar surface area (TPSA) is 84.9 Å². The van der Waals surface area contributed by atoms with E-state index in [9.17, 15) is 14.7 Å². The normalized spacial score (nSPS) is 26.8. The average Bonchev–Trinajstić information content (AvgIpc) is 2.30. The Morgan fingerprint density at radius 3 is 2.30 bits per heavy atom. The largest absolute Gasteiger partial charge is 0.464 e. The first-order chi connectivity index (χ1) is 9.16. The number of hydrogen-bond acceptors (Lipinski definition) is 5. The molecule has 0 aromatic rings. The molecule has 0 aliphatic heterocycles. The van der Waals surface area contributed by atoms with Gasteiger partial charge in [0.1, 0.15) is 5.60 Å². The minimum absolute atomic E-state index is 0.0837. The van der Waals surface area contributed by atoms with Gasteiger partial charge in [-0.05, 0) is 53.4 Å². The summed E-state index contributed by atoms with van der Waals surface area (Å²) < 4.78 is 10.0. The first kappa shape index (κ1) is 16.8. The highest BCUT2D eigenvalue weighted by molar-refractivity contribution is 5.79. The van der Waals surface area contributed by atoms with Gasteiger partial charge in [-0.1, -0.05) is 0 Å². The van der Waals surface area contributed by atoms with Gasteiger partial charge in [-0.15, -0.1) is 0 Å². The third kappa shape index (κ3) is 5.00. The van der Waals surface area contributed by atoms with Crippen molar-refractivity contribution >= 4 is 12.1 Å². The second-order valence-corrected chi connectivity index (χ2v) is 6.17. The lowest BCUT2D eigenvalue weighted by Gasteiger charge is -2.34. The summed E-state index contributed by atoms with van der Waals surface area (Å²) in [5.74, 6) is -0.573. The molecule has 6 nitrogen and oxygen atoms in total. The lowest BCUT2D eigenvalue weighted by Crippen LogP contribution is -2.49. The molecular weight excluding hydrogens is 262 g/mol. The van der Waals surface area contributed by atoms with Crippen molar-refractivity contribution in [1.29, 1.82) is 0 Å². The quantitative estimate of drug-likeness (QED) is 0.772. The number of ether oxygens (including phenoxy) is 2. The molecule has 1 saturated carbocycles. The molecule has 20 heavy (non-hydrogen) atoms. The number of hydrogen-bond donors (Lipinski definition) is 2. The van der Waals surface area contributed by atoms with Crippen molar-refractivity contribution in [2.24, 2.45) is 0 Å². The highest BCUT2D eigenvalue weighted by Crippen LogP contribution is 2.29. The highest BCUT2D eigenvalue weighted by Gasteiger charge is 2.41. The Kier molecular flexibility index (Phi) is 5.39. The van der Waals surface area contributed by atoms with E-state index in [0.717, 1.165) is 0 Å². The van der Waals surface area contributed by atoms with Crippen LogP contribution in [-0.2, 0) is 14.3 Å². The minimum atomic E-state index is -1.41. The highest BCUT2D eigenvalue weighted by atomic mass is 16.6. The molecule has 1 aliphatic carbocycles. The van der Waals surface area contributed by atoms with Gasteiger partial charge in [-0.3, -0.25) is 0 Å². The Morgan fingerprint density at radius 2 is 1.85 bits per heavy atom. The molecule has 0 bridgehead atoms. The van der Waals surface area contributed by atoms with E-state index in [2.05, 4.69) is 5.32 Å². The molecule has 0 aromatic heterocycles. The summed E-state index contributed by atoms with van der Waals surface area (Å²) in [6, 6.07) is -0.0837. The molecule has 2 N–H and O–H groups in total. The Bertz CT molecular complexity index is 353. The maximum atomic E-state index is 11.7. The molecule has 116 valence electrons. The van der Waals surface area contributed by atoms with Gasteiger partial charge in [0.2, 0.25) is 0 Å². The molecule has 0 saturated heterocycles. The van der Waals surface area contributed by atoms with Crippen LogP contribution in [0.25, 0.3) is 0 Å². The zero-order valence-electron chi connectivity index (χ0n) is 12.7. The fourth-order valence-corrected chi connectivity index (χ4v) is 2.18. The summed E-state index contributed by atoms with van der Waals surface area (Å²) in [6.07, 6.45) is 1.14. The third-order valence-corrected chi connectivity index (χ3v) is 3.19. The van der Waals surface area contributed by atoms with Gasteiger partial charge in [0.05, 0.1) is 6.61 Å². The van der Waals surface area contributed by atoms with Crippen LogP contribution in [0.5, 0.6) is 0 Å². The predicted molar refractivity (Wildman–Crippen MR) is 73.2 cm³/mol. The number of alkyl carbamates (subject to hydrolysis) is 1.